The van der Waals surface area contributed by atoms with Gasteiger partial charge in [0.15, 0.2) is 0 Å². The fraction of sp³-hybridized carbons (Fsp3) is 0.296. The molecule has 0 spiro atoms. The third-order valence-electron chi connectivity index (χ3n) is 6.40. The van der Waals surface area contributed by atoms with Crippen LogP contribution in [0.15, 0.2) is 72.8 Å². The quantitative estimate of drug-likeness (QED) is 0.669. The molecule has 0 saturated carbocycles. The highest BCUT2D eigenvalue weighted by Gasteiger charge is 2.32. The number of benzene rings is 3. The molecule has 1 N–H and O–H groups in total. The zero-order valence-corrected chi connectivity index (χ0v) is 18.5. The van der Waals surface area contributed by atoms with Gasteiger partial charge in [-0.05, 0) is 30.3 Å². The van der Waals surface area contributed by atoms with E-state index in [4.69, 9.17) is 4.74 Å². The molecule has 5 nitrogen and oxygen atoms in total. The van der Waals surface area contributed by atoms with Gasteiger partial charge in [0, 0.05) is 50.4 Å². The first-order chi connectivity index (χ1) is 15.7. The highest BCUT2D eigenvalue weighted by Crippen LogP contribution is 2.43. The minimum absolute atomic E-state index is 0.00216. The summed E-state index contributed by atoms with van der Waals surface area (Å²) in [7, 11) is 2.18. The van der Waals surface area contributed by atoms with Crippen LogP contribution in [0.3, 0.4) is 0 Å². The summed E-state index contributed by atoms with van der Waals surface area (Å²) in [5, 5.41) is 3.17. The van der Waals surface area contributed by atoms with Crippen LogP contribution in [-0.4, -0.2) is 48.9 Å². The molecule has 5 rings (SSSR count). The van der Waals surface area contributed by atoms with Crippen molar-refractivity contribution >= 4 is 5.91 Å². The molecule has 3 aromatic rings. The number of fused-ring (bicyclic) bond motifs is 2. The summed E-state index contributed by atoms with van der Waals surface area (Å²) in [5.41, 5.74) is 4.24. The molecule has 1 saturated heterocycles. The van der Waals surface area contributed by atoms with Crippen molar-refractivity contribution in [3.8, 4) is 11.5 Å². The molecule has 1 amide bonds. The van der Waals surface area contributed by atoms with Gasteiger partial charge in [0.1, 0.15) is 11.5 Å². The lowest BCUT2D eigenvalue weighted by molar-refractivity contribution is -0.122. The van der Waals surface area contributed by atoms with Gasteiger partial charge in [0.05, 0.1) is 5.92 Å². The van der Waals surface area contributed by atoms with Gasteiger partial charge in [-0.15, -0.1) is 0 Å². The molecule has 3 aromatic carbocycles. The average molecular weight is 428 g/mol. The van der Waals surface area contributed by atoms with E-state index >= 15 is 0 Å². The van der Waals surface area contributed by atoms with Crippen LogP contribution in [0.1, 0.15) is 28.2 Å². The van der Waals surface area contributed by atoms with E-state index in [-0.39, 0.29) is 11.8 Å². The molecule has 2 aliphatic rings. The van der Waals surface area contributed by atoms with E-state index < -0.39 is 0 Å². The van der Waals surface area contributed by atoms with Crippen LogP contribution in [0.4, 0.5) is 0 Å². The van der Waals surface area contributed by atoms with Gasteiger partial charge in [0.25, 0.3) is 0 Å². The van der Waals surface area contributed by atoms with E-state index in [9.17, 15) is 4.79 Å². The monoisotopic (exact) mass is 427 g/mol. The molecule has 5 heteroatoms. The summed E-state index contributed by atoms with van der Waals surface area (Å²) in [6.45, 7) is 5.89. The van der Waals surface area contributed by atoms with E-state index in [0.717, 1.165) is 60.9 Å². The molecule has 1 fully saturated rings. The topological polar surface area (TPSA) is 44.8 Å². The van der Waals surface area contributed by atoms with Gasteiger partial charge < -0.3 is 15.0 Å². The smallest absolute Gasteiger partial charge is 0.232 e. The molecule has 164 valence electrons. The number of hydrogen-bond acceptors (Lipinski definition) is 4. The maximum atomic E-state index is 13.3. The van der Waals surface area contributed by atoms with Crippen molar-refractivity contribution in [2.45, 2.75) is 19.0 Å². The minimum Gasteiger partial charge on any atom is -0.457 e. The highest BCUT2D eigenvalue weighted by molar-refractivity contribution is 5.89. The maximum Gasteiger partial charge on any atom is 0.232 e. The van der Waals surface area contributed by atoms with E-state index in [0.29, 0.717) is 6.54 Å². The first-order valence-electron chi connectivity index (χ1n) is 11.3. The Balaban J connectivity index is 1.29. The van der Waals surface area contributed by atoms with Crippen LogP contribution in [0.2, 0.25) is 0 Å². The summed E-state index contributed by atoms with van der Waals surface area (Å²) in [5.74, 6) is 1.13. The van der Waals surface area contributed by atoms with Crippen LogP contribution in [0.25, 0.3) is 0 Å². The lowest BCUT2D eigenvalue weighted by atomic mass is 9.87. The Morgan fingerprint density at radius 2 is 1.50 bits per heavy atom. The summed E-state index contributed by atoms with van der Waals surface area (Å²) in [6, 6.07) is 24.2. The van der Waals surface area contributed by atoms with Crippen molar-refractivity contribution in [3.63, 3.8) is 0 Å². The average Bonchev–Trinajstić information content (AvgIpc) is 2.83. The van der Waals surface area contributed by atoms with Crippen LogP contribution >= 0.6 is 0 Å². The first kappa shape index (κ1) is 20.7. The Labute approximate surface area is 189 Å². The fourth-order valence-corrected chi connectivity index (χ4v) is 4.59. The van der Waals surface area contributed by atoms with Crippen molar-refractivity contribution in [1.29, 1.82) is 0 Å². The zero-order chi connectivity index (χ0) is 21.9. The van der Waals surface area contributed by atoms with Crippen LogP contribution in [0.5, 0.6) is 11.5 Å². The van der Waals surface area contributed by atoms with Gasteiger partial charge in [0.2, 0.25) is 5.91 Å². The number of likely N-dealkylation sites (N-methyl/N-ethyl adjacent to an activating group) is 1. The Morgan fingerprint density at radius 3 is 2.19 bits per heavy atom. The molecule has 2 aliphatic heterocycles. The number of carbonyl (C=O) groups excluding carboxylic acids is 1. The number of rotatable bonds is 5. The predicted octanol–water partition coefficient (Wildman–Crippen LogP) is 3.99. The van der Waals surface area contributed by atoms with E-state index in [1.165, 1.54) is 5.56 Å². The number of amides is 1. The number of nitrogens with zero attached hydrogens (tertiary/aromatic N) is 2. The molecule has 0 bridgehead atoms. The van der Waals surface area contributed by atoms with Crippen molar-refractivity contribution in [3.05, 3.63) is 95.1 Å². The lowest BCUT2D eigenvalue weighted by Crippen LogP contribution is -2.43. The molecular formula is C27H29N3O2. The SMILES string of the molecule is CN1CCN(Cc2cccc(CNC(=O)C3c4ccccc4Oc4ccccc43)c2)CC1. The Morgan fingerprint density at radius 1 is 0.875 bits per heavy atom. The van der Waals surface area contributed by atoms with Crippen LogP contribution < -0.4 is 10.1 Å². The van der Waals surface area contributed by atoms with E-state index in [2.05, 4.69) is 46.4 Å². The Hall–Kier alpha value is -3.15. The molecular weight excluding hydrogens is 398 g/mol. The van der Waals surface area contributed by atoms with E-state index in [1.807, 2.05) is 48.5 Å². The number of nitrogens with one attached hydrogen (secondary N) is 1. The summed E-state index contributed by atoms with van der Waals surface area (Å²) < 4.78 is 6.03. The number of carbonyl (C=O) groups is 1. The third-order valence-corrected chi connectivity index (χ3v) is 6.40. The normalized spacial score (nSPS) is 16.7. The minimum atomic E-state index is -0.371. The standard InChI is InChI=1S/C27H29N3O2/c1-29-13-15-30(16-14-29)19-21-8-6-7-20(17-21)18-28-27(31)26-22-9-2-4-11-24(22)32-25-12-5-3-10-23(25)26/h2-12,17,26H,13-16,18-19H2,1H3,(H,28,31). The molecule has 0 atom stereocenters. The maximum absolute atomic E-state index is 13.3. The van der Waals surface area contributed by atoms with Gasteiger partial charge in [-0.3, -0.25) is 9.69 Å². The number of piperazine rings is 1. The van der Waals surface area contributed by atoms with Gasteiger partial charge in [-0.1, -0.05) is 60.7 Å². The fourth-order valence-electron chi connectivity index (χ4n) is 4.59. The number of ether oxygens (including phenoxy) is 1. The van der Waals surface area contributed by atoms with E-state index in [1.54, 1.807) is 0 Å². The first-order valence-corrected chi connectivity index (χ1v) is 11.3. The summed E-state index contributed by atoms with van der Waals surface area (Å²) >= 11 is 0. The van der Waals surface area contributed by atoms with Crippen molar-refractivity contribution < 1.29 is 9.53 Å². The molecule has 0 unspecified atom stereocenters. The third kappa shape index (κ3) is 4.40. The van der Waals surface area contributed by atoms with Crippen molar-refractivity contribution in [2.75, 3.05) is 33.2 Å². The summed E-state index contributed by atoms with van der Waals surface area (Å²) in [4.78, 5) is 18.2. The molecule has 32 heavy (non-hydrogen) atoms. The Bertz CT molecular complexity index is 1060. The second-order valence-electron chi connectivity index (χ2n) is 8.73. The number of para-hydroxylation sites is 2. The van der Waals surface area contributed by atoms with Gasteiger partial charge in [-0.25, -0.2) is 0 Å². The molecule has 0 aliphatic carbocycles. The summed E-state index contributed by atoms with van der Waals surface area (Å²) in [6.07, 6.45) is 0. The van der Waals surface area contributed by atoms with Gasteiger partial charge >= 0.3 is 0 Å². The molecule has 0 radical (unpaired) electrons. The zero-order valence-electron chi connectivity index (χ0n) is 18.5. The van der Waals surface area contributed by atoms with Crippen LogP contribution in [-0.2, 0) is 17.9 Å². The Kier molecular flexibility index (Phi) is 5.93. The molecule has 0 aromatic heterocycles. The number of hydrogen-bond donors (Lipinski definition) is 1. The molecule has 2 heterocycles. The van der Waals surface area contributed by atoms with Gasteiger partial charge in [-0.2, -0.15) is 0 Å². The second-order valence-corrected chi connectivity index (χ2v) is 8.73. The highest BCUT2D eigenvalue weighted by atomic mass is 16.5. The van der Waals surface area contributed by atoms with Crippen molar-refractivity contribution in [2.24, 2.45) is 0 Å². The van der Waals surface area contributed by atoms with Crippen molar-refractivity contribution in [1.82, 2.24) is 15.1 Å². The lowest BCUT2D eigenvalue weighted by Gasteiger charge is -2.32. The predicted molar refractivity (Wildman–Crippen MR) is 126 cm³/mol. The largest absolute Gasteiger partial charge is 0.457 e. The second kappa shape index (κ2) is 9.15. The van der Waals surface area contributed by atoms with Crippen LogP contribution in [0, 0.1) is 0 Å².